The van der Waals surface area contributed by atoms with Crippen LogP contribution in [0.5, 0.6) is 0 Å². The highest BCUT2D eigenvalue weighted by atomic mass is 32.2. The Morgan fingerprint density at radius 3 is 2.23 bits per heavy atom. The third-order valence-corrected chi connectivity index (χ3v) is 4.81. The molecule has 1 aromatic carbocycles. The summed E-state index contributed by atoms with van der Waals surface area (Å²) < 4.78 is 32.8. The lowest BCUT2D eigenvalue weighted by molar-refractivity contribution is 0.228. The van der Waals surface area contributed by atoms with Gasteiger partial charge in [0.2, 0.25) is 0 Å². The Balaban J connectivity index is 2.15. The van der Waals surface area contributed by atoms with Gasteiger partial charge in [0.15, 0.2) is 15.6 Å². The Morgan fingerprint density at radius 2 is 1.77 bits per heavy atom. The summed E-state index contributed by atoms with van der Waals surface area (Å²) in [5, 5.41) is 0. The van der Waals surface area contributed by atoms with Gasteiger partial charge < -0.3 is 8.83 Å². The largest absolute Gasteiger partial charge is 0.519 e. The molecule has 2 aromatic rings. The van der Waals surface area contributed by atoms with E-state index in [9.17, 15) is 13.2 Å². The first-order valence-corrected chi connectivity index (χ1v) is 8.67. The maximum atomic E-state index is 11.5. The molecule has 0 saturated carbocycles. The number of benzene rings is 1. The van der Waals surface area contributed by atoms with Crippen molar-refractivity contribution in [2.24, 2.45) is 0 Å². The molecular formula is C15H19NO5S. The van der Waals surface area contributed by atoms with Crippen LogP contribution in [0.25, 0.3) is 0 Å². The van der Waals surface area contributed by atoms with Crippen molar-refractivity contribution in [1.29, 1.82) is 0 Å². The molecule has 0 aliphatic heterocycles. The molecule has 7 heteroatoms. The minimum atomic E-state index is -3.19. The van der Waals surface area contributed by atoms with E-state index in [1.807, 2.05) is 18.9 Å². The minimum Gasteiger partial charge on any atom is -0.396 e. The second kappa shape index (κ2) is 6.10. The standard InChI is InChI=1S/C15H19NO5S/c1-10(12-5-7-13(8-6-12)22(4,18)19)16(3)9-14-11(2)20-15(17)21-14/h5-8,10H,9H2,1-4H3/t10-/m0/s1. The first kappa shape index (κ1) is 16.5. The summed E-state index contributed by atoms with van der Waals surface area (Å²) in [6, 6.07) is 6.79. The van der Waals surface area contributed by atoms with E-state index in [0.29, 0.717) is 23.0 Å². The van der Waals surface area contributed by atoms with E-state index >= 15 is 0 Å². The Hall–Kier alpha value is -1.86. The average molecular weight is 325 g/mol. The summed E-state index contributed by atoms with van der Waals surface area (Å²) >= 11 is 0. The van der Waals surface area contributed by atoms with Crippen LogP contribution in [0.15, 0.2) is 42.8 Å². The van der Waals surface area contributed by atoms with Crippen molar-refractivity contribution >= 4 is 9.84 Å². The van der Waals surface area contributed by atoms with Gasteiger partial charge in [0.25, 0.3) is 0 Å². The van der Waals surface area contributed by atoms with Crippen LogP contribution in [0.2, 0.25) is 0 Å². The van der Waals surface area contributed by atoms with Gasteiger partial charge >= 0.3 is 5.82 Å². The molecule has 1 aromatic heterocycles. The summed E-state index contributed by atoms with van der Waals surface area (Å²) in [7, 11) is -1.30. The number of rotatable bonds is 5. The van der Waals surface area contributed by atoms with Gasteiger partial charge in [0.1, 0.15) is 5.76 Å². The zero-order chi connectivity index (χ0) is 16.5. The van der Waals surface area contributed by atoms with Gasteiger partial charge in [-0.2, -0.15) is 0 Å². The van der Waals surface area contributed by atoms with Crippen LogP contribution in [0, 0.1) is 6.92 Å². The fraction of sp³-hybridized carbons (Fsp3) is 0.400. The normalized spacial score (nSPS) is 13.5. The van der Waals surface area contributed by atoms with E-state index in [0.717, 1.165) is 5.56 Å². The number of hydrogen-bond donors (Lipinski definition) is 0. The van der Waals surface area contributed by atoms with Crippen molar-refractivity contribution in [3.8, 4) is 0 Å². The first-order valence-electron chi connectivity index (χ1n) is 6.78. The van der Waals surface area contributed by atoms with Crippen LogP contribution in [0.1, 0.15) is 30.0 Å². The predicted octanol–water partition coefficient (Wildman–Crippen LogP) is 2.14. The molecule has 0 saturated heterocycles. The summed E-state index contributed by atoms with van der Waals surface area (Å²) in [6.07, 6.45) is 1.18. The Labute approximate surface area is 129 Å². The molecule has 0 N–H and O–H groups in total. The SMILES string of the molecule is Cc1oc(=O)oc1CN(C)[C@@H](C)c1ccc(S(C)(=O)=O)cc1. The van der Waals surface area contributed by atoms with Crippen molar-refractivity contribution < 1.29 is 17.3 Å². The second-order valence-electron chi connectivity index (χ2n) is 5.37. The van der Waals surface area contributed by atoms with Gasteiger partial charge in [-0.1, -0.05) is 12.1 Å². The topological polar surface area (TPSA) is 80.7 Å². The molecule has 0 aliphatic rings. The summed E-state index contributed by atoms with van der Waals surface area (Å²) in [5.41, 5.74) is 0.971. The molecule has 22 heavy (non-hydrogen) atoms. The molecule has 6 nitrogen and oxygen atoms in total. The van der Waals surface area contributed by atoms with Gasteiger partial charge in [0, 0.05) is 12.3 Å². The van der Waals surface area contributed by atoms with Gasteiger partial charge in [-0.05, 0) is 38.6 Å². The Morgan fingerprint density at radius 1 is 1.18 bits per heavy atom. The lowest BCUT2D eigenvalue weighted by atomic mass is 10.1. The van der Waals surface area contributed by atoms with Gasteiger partial charge in [-0.25, -0.2) is 13.2 Å². The molecule has 1 heterocycles. The monoisotopic (exact) mass is 325 g/mol. The molecule has 0 bridgehead atoms. The van der Waals surface area contributed by atoms with Crippen LogP contribution >= 0.6 is 0 Å². The average Bonchev–Trinajstić information content (AvgIpc) is 2.75. The molecule has 0 fully saturated rings. The molecular weight excluding hydrogens is 306 g/mol. The van der Waals surface area contributed by atoms with Gasteiger partial charge in [0.05, 0.1) is 11.4 Å². The highest BCUT2D eigenvalue weighted by molar-refractivity contribution is 7.90. The van der Waals surface area contributed by atoms with E-state index in [2.05, 4.69) is 0 Å². The van der Waals surface area contributed by atoms with Crippen molar-refractivity contribution in [2.75, 3.05) is 13.3 Å². The molecule has 0 aliphatic carbocycles. The summed E-state index contributed by atoms with van der Waals surface area (Å²) in [4.78, 5) is 13.3. The number of aryl methyl sites for hydroxylation is 1. The quantitative estimate of drug-likeness (QED) is 0.838. The highest BCUT2D eigenvalue weighted by Crippen LogP contribution is 2.22. The van der Waals surface area contributed by atoms with Gasteiger partial charge in [-0.15, -0.1) is 0 Å². The Kier molecular flexibility index (Phi) is 4.58. The zero-order valence-corrected chi connectivity index (χ0v) is 13.8. The molecule has 0 amide bonds. The molecule has 0 radical (unpaired) electrons. The smallest absolute Gasteiger partial charge is 0.396 e. The van der Waals surface area contributed by atoms with Crippen LogP contribution in [0.3, 0.4) is 0 Å². The maximum absolute atomic E-state index is 11.5. The van der Waals surface area contributed by atoms with Crippen molar-refractivity contribution in [3.05, 3.63) is 52.0 Å². The second-order valence-corrected chi connectivity index (χ2v) is 7.38. The molecule has 0 unspecified atom stereocenters. The summed E-state index contributed by atoms with van der Waals surface area (Å²) in [5.74, 6) is 0.259. The third kappa shape index (κ3) is 3.66. The number of sulfone groups is 1. The van der Waals surface area contributed by atoms with Gasteiger partial charge in [-0.3, -0.25) is 4.90 Å². The van der Waals surface area contributed by atoms with E-state index in [-0.39, 0.29) is 6.04 Å². The van der Waals surface area contributed by atoms with Crippen molar-refractivity contribution in [2.45, 2.75) is 31.3 Å². The van der Waals surface area contributed by atoms with Crippen LogP contribution in [0.4, 0.5) is 0 Å². The van der Waals surface area contributed by atoms with E-state index < -0.39 is 15.7 Å². The number of hydrogen-bond acceptors (Lipinski definition) is 6. The van der Waals surface area contributed by atoms with E-state index in [1.165, 1.54) is 6.26 Å². The predicted molar refractivity (Wildman–Crippen MR) is 81.4 cm³/mol. The fourth-order valence-corrected chi connectivity index (χ4v) is 2.76. The molecule has 2 rings (SSSR count). The van der Waals surface area contributed by atoms with Crippen LogP contribution in [-0.4, -0.2) is 26.6 Å². The van der Waals surface area contributed by atoms with Crippen LogP contribution in [-0.2, 0) is 16.4 Å². The van der Waals surface area contributed by atoms with E-state index in [1.54, 1.807) is 31.2 Å². The number of nitrogens with zero attached hydrogens (tertiary/aromatic N) is 1. The maximum Gasteiger partial charge on any atom is 0.519 e. The highest BCUT2D eigenvalue weighted by Gasteiger charge is 2.17. The molecule has 0 spiro atoms. The molecule has 1 atom stereocenters. The lowest BCUT2D eigenvalue weighted by Gasteiger charge is -2.24. The summed E-state index contributed by atoms with van der Waals surface area (Å²) in [6.45, 7) is 4.09. The van der Waals surface area contributed by atoms with Crippen molar-refractivity contribution in [1.82, 2.24) is 4.90 Å². The Bertz CT molecular complexity index is 801. The third-order valence-electron chi connectivity index (χ3n) is 3.68. The minimum absolute atomic E-state index is 0.0215. The zero-order valence-electron chi connectivity index (χ0n) is 13.0. The fourth-order valence-electron chi connectivity index (χ4n) is 2.13. The van der Waals surface area contributed by atoms with Crippen LogP contribution < -0.4 is 5.82 Å². The molecule has 120 valence electrons. The lowest BCUT2D eigenvalue weighted by Crippen LogP contribution is -2.22. The van der Waals surface area contributed by atoms with Crippen molar-refractivity contribution in [3.63, 3.8) is 0 Å². The van der Waals surface area contributed by atoms with E-state index in [4.69, 9.17) is 8.83 Å². The first-order chi connectivity index (χ1) is 10.2.